The molecule has 0 aromatic heterocycles. The molecule has 2 N–H and O–H groups in total. The molecule has 23 heavy (non-hydrogen) atoms. The van der Waals surface area contributed by atoms with Crippen LogP contribution in [0.15, 0.2) is 59.7 Å². The van der Waals surface area contributed by atoms with Crippen LogP contribution in [0.2, 0.25) is 0 Å². The molecule has 118 valence electrons. The molecular formula is C17H17N3O2S. The average Bonchev–Trinajstić information content (AvgIpc) is 2.99. The van der Waals surface area contributed by atoms with Crippen LogP contribution in [0.1, 0.15) is 18.1 Å². The van der Waals surface area contributed by atoms with E-state index in [4.69, 9.17) is 0 Å². The lowest BCUT2D eigenvalue weighted by Gasteiger charge is -2.26. The van der Waals surface area contributed by atoms with Crippen molar-refractivity contribution >= 4 is 28.4 Å². The maximum absolute atomic E-state index is 12.6. The summed E-state index contributed by atoms with van der Waals surface area (Å²) in [5.74, 6) is -0.471. The van der Waals surface area contributed by atoms with Gasteiger partial charge in [-0.05, 0) is 26.0 Å². The molecule has 2 aromatic carbocycles. The number of amides is 1. The molecule has 3 rings (SSSR count). The Morgan fingerprint density at radius 1 is 1.17 bits per heavy atom. The van der Waals surface area contributed by atoms with Gasteiger partial charge >= 0.3 is 0 Å². The lowest BCUT2D eigenvalue weighted by Crippen LogP contribution is -2.49. The average molecular weight is 327 g/mol. The van der Waals surface area contributed by atoms with E-state index in [9.17, 15) is 10.0 Å². The van der Waals surface area contributed by atoms with E-state index < -0.39 is 10.8 Å². The standard InChI is InChI=1S/C17H17N3O2S/c1-12-8-10-14(11-9-12)20(22)16(21)17(2)19-18-15(23-17)13-6-4-3-5-7-13/h3-11,19,22H,1-2H3. The molecule has 1 atom stereocenters. The van der Waals surface area contributed by atoms with Gasteiger partial charge in [-0.3, -0.25) is 15.4 Å². The molecular weight excluding hydrogens is 310 g/mol. The third kappa shape index (κ3) is 3.09. The van der Waals surface area contributed by atoms with Crippen LogP contribution in [0.4, 0.5) is 5.69 Å². The van der Waals surface area contributed by atoms with Gasteiger partial charge in [-0.2, -0.15) is 10.2 Å². The summed E-state index contributed by atoms with van der Waals surface area (Å²) in [4.78, 5) is 11.6. The number of thioether (sulfide) groups is 1. The Kier molecular flexibility index (Phi) is 4.11. The molecule has 6 heteroatoms. The first kappa shape index (κ1) is 15.6. The second-order valence-electron chi connectivity index (χ2n) is 5.48. The van der Waals surface area contributed by atoms with Gasteiger partial charge in [-0.25, -0.2) is 0 Å². The number of hydrogen-bond acceptors (Lipinski definition) is 5. The van der Waals surface area contributed by atoms with Crippen molar-refractivity contribution in [3.8, 4) is 0 Å². The van der Waals surface area contributed by atoms with Gasteiger partial charge in [0.1, 0.15) is 5.04 Å². The first-order chi connectivity index (χ1) is 11.0. The van der Waals surface area contributed by atoms with Crippen LogP contribution in [0.25, 0.3) is 0 Å². The number of carbonyl (C=O) groups is 1. The van der Waals surface area contributed by atoms with E-state index in [1.807, 2.05) is 49.4 Å². The van der Waals surface area contributed by atoms with Crippen LogP contribution in [-0.2, 0) is 4.79 Å². The van der Waals surface area contributed by atoms with Crippen LogP contribution >= 0.6 is 11.8 Å². The zero-order valence-electron chi connectivity index (χ0n) is 12.9. The lowest BCUT2D eigenvalue weighted by molar-refractivity contribution is -0.126. The maximum Gasteiger partial charge on any atom is 0.288 e. The molecule has 0 fully saturated rings. The van der Waals surface area contributed by atoms with E-state index in [1.165, 1.54) is 11.8 Å². The minimum Gasteiger partial charge on any atom is -0.283 e. The van der Waals surface area contributed by atoms with Crippen molar-refractivity contribution in [3.05, 3.63) is 65.7 Å². The highest BCUT2D eigenvalue weighted by atomic mass is 32.2. The Morgan fingerprint density at radius 3 is 2.48 bits per heavy atom. The maximum atomic E-state index is 12.6. The summed E-state index contributed by atoms with van der Waals surface area (Å²) < 4.78 is 0. The number of aryl methyl sites for hydroxylation is 1. The van der Waals surface area contributed by atoms with Gasteiger partial charge in [0, 0.05) is 5.56 Å². The fourth-order valence-electron chi connectivity index (χ4n) is 2.20. The lowest BCUT2D eigenvalue weighted by atomic mass is 10.2. The molecule has 2 aromatic rings. The third-order valence-corrected chi connectivity index (χ3v) is 4.77. The van der Waals surface area contributed by atoms with Crippen molar-refractivity contribution in [1.82, 2.24) is 5.43 Å². The van der Waals surface area contributed by atoms with E-state index in [2.05, 4.69) is 10.5 Å². The highest BCUT2D eigenvalue weighted by Gasteiger charge is 2.43. The zero-order chi connectivity index (χ0) is 16.4. The van der Waals surface area contributed by atoms with Gasteiger partial charge in [-0.1, -0.05) is 59.8 Å². The highest BCUT2D eigenvalue weighted by molar-refractivity contribution is 8.16. The smallest absolute Gasteiger partial charge is 0.283 e. The molecule has 0 aliphatic carbocycles. The first-order valence-electron chi connectivity index (χ1n) is 7.19. The minimum absolute atomic E-state index is 0.428. The number of hydrogen-bond donors (Lipinski definition) is 2. The van der Waals surface area contributed by atoms with Crippen molar-refractivity contribution in [3.63, 3.8) is 0 Å². The van der Waals surface area contributed by atoms with Crippen LogP contribution < -0.4 is 10.5 Å². The summed E-state index contributed by atoms with van der Waals surface area (Å²) in [5.41, 5.74) is 5.26. The largest absolute Gasteiger partial charge is 0.288 e. The number of carbonyl (C=O) groups excluding carboxylic acids is 1. The quantitative estimate of drug-likeness (QED) is 0.671. The van der Waals surface area contributed by atoms with Crippen LogP contribution in [0.3, 0.4) is 0 Å². The molecule has 1 aliphatic rings. The molecule has 1 heterocycles. The molecule has 0 bridgehead atoms. The normalized spacial score (nSPS) is 19.9. The molecule has 5 nitrogen and oxygen atoms in total. The summed E-state index contributed by atoms with van der Waals surface area (Å²) in [6.07, 6.45) is 0. The van der Waals surface area contributed by atoms with Crippen LogP contribution in [0.5, 0.6) is 0 Å². The van der Waals surface area contributed by atoms with Gasteiger partial charge in [0.25, 0.3) is 5.91 Å². The Hall–Kier alpha value is -2.31. The number of benzene rings is 2. The van der Waals surface area contributed by atoms with Gasteiger partial charge in [0.2, 0.25) is 0 Å². The Balaban J connectivity index is 1.77. The number of hydroxylamine groups is 1. The monoisotopic (exact) mass is 327 g/mol. The van der Waals surface area contributed by atoms with Crippen LogP contribution in [-0.4, -0.2) is 21.0 Å². The number of hydrazone groups is 1. The Labute approximate surface area is 139 Å². The fourth-order valence-corrected chi connectivity index (χ4v) is 3.19. The molecule has 1 unspecified atom stereocenters. The van der Waals surface area contributed by atoms with E-state index in [0.717, 1.165) is 16.2 Å². The van der Waals surface area contributed by atoms with Crippen molar-refractivity contribution in [2.24, 2.45) is 5.10 Å². The molecule has 1 aliphatic heterocycles. The van der Waals surface area contributed by atoms with Crippen molar-refractivity contribution in [1.29, 1.82) is 0 Å². The summed E-state index contributed by atoms with van der Waals surface area (Å²) in [6, 6.07) is 16.7. The molecule has 0 saturated carbocycles. The Morgan fingerprint density at radius 2 is 1.83 bits per heavy atom. The van der Waals surface area contributed by atoms with E-state index in [0.29, 0.717) is 10.8 Å². The predicted molar refractivity (Wildman–Crippen MR) is 92.6 cm³/mol. The van der Waals surface area contributed by atoms with Crippen molar-refractivity contribution in [2.45, 2.75) is 18.7 Å². The van der Waals surface area contributed by atoms with E-state index in [-0.39, 0.29) is 0 Å². The molecule has 0 saturated heterocycles. The van der Waals surface area contributed by atoms with Gasteiger partial charge in [0.05, 0.1) is 5.69 Å². The summed E-state index contributed by atoms with van der Waals surface area (Å²) >= 11 is 1.29. The number of rotatable bonds is 3. The summed E-state index contributed by atoms with van der Waals surface area (Å²) in [6.45, 7) is 3.65. The summed E-state index contributed by atoms with van der Waals surface area (Å²) in [7, 11) is 0. The SMILES string of the molecule is Cc1ccc(N(O)C(=O)C2(C)NN=C(c3ccccc3)S2)cc1. The van der Waals surface area contributed by atoms with E-state index >= 15 is 0 Å². The zero-order valence-corrected chi connectivity index (χ0v) is 13.7. The van der Waals surface area contributed by atoms with Crippen LogP contribution in [0, 0.1) is 6.92 Å². The second kappa shape index (κ2) is 6.06. The molecule has 0 radical (unpaired) electrons. The topological polar surface area (TPSA) is 64.9 Å². The molecule has 0 spiro atoms. The highest BCUT2D eigenvalue weighted by Crippen LogP contribution is 2.34. The van der Waals surface area contributed by atoms with Crippen molar-refractivity contribution in [2.75, 3.05) is 5.06 Å². The second-order valence-corrected chi connectivity index (χ2v) is 6.89. The van der Waals surface area contributed by atoms with E-state index in [1.54, 1.807) is 19.1 Å². The third-order valence-electron chi connectivity index (χ3n) is 3.57. The van der Waals surface area contributed by atoms with Crippen molar-refractivity contribution < 1.29 is 10.0 Å². The predicted octanol–water partition coefficient (Wildman–Crippen LogP) is 3.13. The fraction of sp³-hybridized carbons (Fsp3) is 0.176. The molecule has 1 amide bonds. The summed E-state index contributed by atoms with van der Waals surface area (Å²) in [5, 5.41) is 15.9. The van der Waals surface area contributed by atoms with Gasteiger partial charge in [0.15, 0.2) is 4.87 Å². The number of nitrogens with zero attached hydrogens (tertiary/aromatic N) is 2. The van der Waals surface area contributed by atoms with Gasteiger partial charge < -0.3 is 0 Å². The number of nitrogens with one attached hydrogen (secondary N) is 1. The first-order valence-corrected chi connectivity index (χ1v) is 8.01. The van der Waals surface area contributed by atoms with Gasteiger partial charge in [-0.15, -0.1) is 0 Å². The minimum atomic E-state index is -1.05. The number of anilines is 1. The Bertz CT molecular complexity index is 746.